The minimum Gasteiger partial charge on any atom is -0.313 e. The summed E-state index contributed by atoms with van der Waals surface area (Å²) >= 11 is 1.80. The third kappa shape index (κ3) is 5.85. The Kier molecular flexibility index (Phi) is 6.80. The van der Waals surface area contributed by atoms with Crippen LogP contribution in [0, 0.1) is 12.3 Å². The van der Waals surface area contributed by atoms with Gasteiger partial charge in [0, 0.05) is 18.3 Å². The molecule has 2 heteroatoms. The third-order valence-electron chi connectivity index (χ3n) is 2.31. The fraction of sp³-hybridized carbons (Fsp3) is 0.429. The van der Waals surface area contributed by atoms with Gasteiger partial charge < -0.3 is 5.32 Å². The first kappa shape index (κ1) is 13.2. The Morgan fingerprint density at radius 3 is 2.81 bits per heavy atom. The lowest BCUT2D eigenvalue weighted by atomic mass is 10.1. The van der Waals surface area contributed by atoms with Crippen LogP contribution in [0.15, 0.2) is 30.3 Å². The highest BCUT2D eigenvalue weighted by molar-refractivity contribution is 7.99. The topological polar surface area (TPSA) is 12.0 Å². The molecule has 0 aliphatic rings. The fourth-order valence-corrected chi connectivity index (χ4v) is 2.07. The Hall–Kier alpha value is -0.910. The largest absolute Gasteiger partial charge is 0.313 e. The average molecular weight is 233 g/mol. The van der Waals surface area contributed by atoms with E-state index in [0.717, 1.165) is 24.5 Å². The van der Waals surface area contributed by atoms with Crippen LogP contribution >= 0.6 is 11.8 Å². The Morgan fingerprint density at radius 1 is 1.38 bits per heavy atom. The van der Waals surface area contributed by atoms with E-state index in [1.165, 1.54) is 5.56 Å². The lowest BCUT2D eigenvalue weighted by Gasteiger charge is -2.13. The van der Waals surface area contributed by atoms with Gasteiger partial charge >= 0.3 is 0 Å². The molecule has 1 unspecified atom stereocenters. The van der Waals surface area contributed by atoms with E-state index in [4.69, 9.17) is 6.42 Å². The predicted octanol–water partition coefficient (Wildman–Crippen LogP) is 2.57. The van der Waals surface area contributed by atoms with Gasteiger partial charge in [0.05, 0.1) is 5.75 Å². The Morgan fingerprint density at radius 2 is 2.12 bits per heavy atom. The molecule has 0 spiro atoms. The second-order valence-corrected chi connectivity index (χ2v) is 4.91. The van der Waals surface area contributed by atoms with Crippen molar-refractivity contribution in [1.29, 1.82) is 0 Å². The maximum absolute atomic E-state index is 5.18. The molecule has 1 aromatic carbocycles. The van der Waals surface area contributed by atoms with Crippen molar-refractivity contribution < 1.29 is 0 Å². The molecule has 0 radical (unpaired) electrons. The molecule has 0 amide bonds. The lowest BCUT2D eigenvalue weighted by molar-refractivity contribution is 0.568. The summed E-state index contributed by atoms with van der Waals surface area (Å²) in [5.74, 6) is 4.53. The minimum absolute atomic E-state index is 0.522. The molecule has 1 atom stereocenters. The molecule has 0 aliphatic carbocycles. The lowest BCUT2D eigenvalue weighted by Crippen LogP contribution is -2.30. The number of rotatable bonds is 7. The summed E-state index contributed by atoms with van der Waals surface area (Å²) in [6.45, 7) is 3.25. The van der Waals surface area contributed by atoms with Crippen molar-refractivity contribution in [2.45, 2.75) is 19.4 Å². The fourth-order valence-electron chi connectivity index (χ4n) is 1.55. The van der Waals surface area contributed by atoms with Crippen molar-refractivity contribution in [3.8, 4) is 12.3 Å². The van der Waals surface area contributed by atoms with Crippen LogP contribution in [-0.2, 0) is 6.42 Å². The summed E-state index contributed by atoms with van der Waals surface area (Å²) in [4.78, 5) is 0. The molecule has 1 aromatic rings. The molecule has 0 aliphatic heterocycles. The first-order valence-electron chi connectivity index (χ1n) is 5.61. The molecule has 0 heterocycles. The highest BCUT2D eigenvalue weighted by Crippen LogP contribution is 2.03. The zero-order chi connectivity index (χ0) is 11.6. The minimum atomic E-state index is 0.522. The summed E-state index contributed by atoms with van der Waals surface area (Å²) in [6.07, 6.45) is 6.27. The van der Waals surface area contributed by atoms with Crippen molar-refractivity contribution >= 4 is 11.8 Å². The molecule has 86 valence electrons. The highest BCUT2D eigenvalue weighted by atomic mass is 32.2. The molecule has 0 saturated heterocycles. The quantitative estimate of drug-likeness (QED) is 0.574. The standard InChI is InChI=1S/C14H19NS/c1-3-10-16-11-9-15-13(2)12-14-7-5-4-6-8-14/h1,4-8,13,15H,9-12H2,2H3. The van der Waals surface area contributed by atoms with Gasteiger partial charge in [0.25, 0.3) is 0 Å². The molecule has 0 fully saturated rings. The van der Waals surface area contributed by atoms with Gasteiger partial charge in [-0.15, -0.1) is 18.2 Å². The number of benzene rings is 1. The van der Waals surface area contributed by atoms with E-state index in [1.54, 1.807) is 11.8 Å². The SMILES string of the molecule is C#CCSCCNC(C)Cc1ccccc1. The van der Waals surface area contributed by atoms with Crippen molar-refractivity contribution in [3.05, 3.63) is 35.9 Å². The van der Waals surface area contributed by atoms with Gasteiger partial charge in [0.1, 0.15) is 0 Å². The first-order valence-corrected chi connectivity index (χ1v) is 6.77. The van der Waals surface area contributed by atoms with E-state index in [0.29, 0.717) is 6.04 Å². The van der Waals surface area contributed by atoms with Gasteiger partial charge in [0.15, 0.2) is 0 Å². The zero-order valence-corrected chi connectivity index (χ0v) is 10.6. The van der Waals surface area contributed by atoms with Gasteiger partial charge in [-0.2, -0.15) is 0 Å². The summed E-state index contributed by atoms with van der Waals surface area (Å²) in [5, 5.41) is 3.50. The van der Waals surface area contributed by atoms with E-state index in [1.807, 2.05) is 0 Å². The van der Waals surface area contributed by atoms with Crippen LogP contribution in [0.5, 0.6) is 0 Å². The third-order valence-corrected chi connectivity index (χ3v) is 3.17. The van der Waals surface area contributed by atoms with Crippen LogP contribution in [0.4, 0.5) is 0 Å². The van der Waals surface area contributed by atoms with Gasteiger partial charge in [-0.1, -0.05) is 36.3 Å². The van der Waals surface area contributed by atoms with Crippen LogP contribution in [0.1, 0.15) is 12.5 Å². The second-order valence-electron chi connectivity index (χ2n) is 3.80. The molecule has 1 rings (SSSR count). The predicted molar refractivity (Wildman–Crippen MR) is 73.8 cm³/mol. The summed E-state index contributed by atoms with van der Waals surface area (Å²) in [6, 6.07) is 11.1. The number of nitrogens with one attached hydrogen (secondary N) is 1. The number of hydrogen-bond acceptors (Lipinski definition) is 2. The molecule has 0 aromatic heterocycles. The molecule has 0 saturated carbocycles. The van der Waals surface area contributed by atoms with Gasteiger partial charge in [-0.3, -0.25) is 0 Å². The molecule has 1 nitrogen and oxygen atoms in total. The number of terminal acetylenes is 1. The van der Waals surface area contributed by atoms with E-state index >= 15 is 0 Å². The molecular weight excluding hydrogens is 214 g/mol. The summed E-state index contributed by atoms with van der Waals surface area (Å²) in [5.41, 5.74) is 1.39. The summed E-state index contributed by atoms with van der Waals surface area (Å²) < 4.78 is 0. The van der Waals surface area contributed by atoms with Crippen LogP contribution in [-0.4, -0.2) is 24.1 Å². The monoisotopic (exact) mass is 233 g/mol. The van der Waals surface area contributed by atoms with Gasteiger partial charge in [0.2, 0.25) is 0 Å². The van der Waals surface area contributed by atoms with Crippen molar-refractivity contribution in [2.75, 3.05) is 18.1 Å². The van der Waals surface area contributed by atoms with E-state index in [9.17, 15) is 0 Å². The Labute approximate surface area is 103 Å². The number of thioether (sulfide) groups is 1. The van der Waals surface area contributed by atoms with Gasteiger partial charge in [-0.25, -0.2) is 0 Å². The van der Waals surface area contributed by atoms with Crippen molar-refractivity contribution in [1.82, 2.24) is 5.32 Å². The zero-order valence-electron chi connectivity index (χ0n) is 9.78. The maximum atomic E-state index is 5.18. The normalized spacial score (nSPS) is 12.0. The van der Waals surface area contributed by atoms with E-state index in [2.05, 4.69) is 48.5 Å². The molecule has 0 bridgehead atoms. The summed E-state index contributed by atoms with van der Waals surface area (Å²) in [7, 11) is 0. The molecular formula is C14H19NS. The smallest absolute Gasteiger partial charge is 0.0545 e. The first-order chi connectivity index (χ1) is 7.83. The maximum Gasteiger partial charge on any atom is 0.0545 e. The highest BCUT2D eigenvalue weighted by Gasteiger charge is 2.01. The van der Waals surface area contributed by atoms with Crippen LogP contribution < -0.4 is 5.32 Å². The van der Waals surface area contributed by atoms with E-state index in [-0.39, 0.29) is 0 Å². The average Bonchev–Trinajstić information content (AvgIpc) is 2.30. The Balaban J connectivity index is 2.12. The number of hydrogen-bond donors (Lipinski definition) is 1. The van der Waals surface area contributed by atoms with Crippen molar-refractivity contribution in [3.63, 3.8) is 0 Å². The Bertz CT molecular complexity index is 315. The van der Waals surface area contributed by atoms with Crippen molar-refractivity contribution in [2.24, 2.45) is 0 Å². The molecule has 1 N–H and O–H groups in total. The van der Waals surface area contributed by atoms with Gasteiger partial charge in [-0.05, 0) is 18.9 Å². The molecule has 16 heavy (non-hydrogen) atoms. The van der Waals surface area contributed by atoms with E-state index < -0.39 is 0 Å². The van der Waals surface area contributed by atoms with Crippen LogP contribution in [0.2, 0.25) is 0 Å². The van der Waals surface area contributed by atoms with Crippen LogP contribution in [0.3, 0.4) is 0 Å². The van der Waals surface area contributed by atoms with Crippen LogP contribution in [0.25, 0.3) is 0 Å². The second kappa shape index (κ2) is 8.27.